The van der Waals surface area contributed by atoms with Crippen molar-refractivity contribution in [2.75, 3.05) is 0 Å². The highest BCUT2D eigenvalue weighted by Gasteiger charge is 2.02. The summed E-state index contributed by atoms with van der Waals surface area (Å²) in [5.41, 5.74) is 2.95. The second-order valence-electron chi connectivity index (χ2n) is 3.00. The molecule has 0 spiro atoms. The van der Waals surface area contributed by atoms with E-state index in [0.717, 1.165) is 17.1 Å². The zero-order chi connectivity index (χ0) is 9.26. The van der Waals surface area contributed by atoms with Gasteiger partial charge >= 0.3 is 0 Å². The second-order valence-corrected chi connectivity index (χ2v) is 3.00. The van der Waals surface area contributed by atoms with Gasteiger partial charge in [-0.15, -0.1) is 0 Å². The maximum atomic E-state index is 4.29. The Balaban J connectivity index is 0.000000980. The molecule has 1 heterocycles. The molecule has 14 heavy (non-hydrogen) atoms. The summed E-state index contributed by atoms with van der Waals surface area (Å²) >= 11 is 0. The number of benzene rings is 1. The summed E-state index contributed by atoms with van der Waals surface area (Å²) in [6.07, 6.45) is 0. The molecule has 0 aliphatic heterocycles. The first-order valence-corrected chi connectivity index (χ1v) is 4.23. The lowest BCUT2D eigenvalue weighted by atomic mass is 10.3. The van der Waals surface area contributed by atoms with Crippen molar-refractivity contribution >= 4 is 0 Å². The van der Waals surface area contributed by atoms with Crippen LogP contribution in [0.25, 0.3) is 5.69 Å². The minimum Gasteiger partial charge on any atom is -0.153 e. The van der Waals surface area contributed by atoms with Gasteiger partial charge in [0, 0.05) is 0 Å². The van der Waals surface area contributed by atoms with Gasteiger partial charge in [0.25, 0.3) is 0 Å². The molecule has 74 valence electrons. The average molecular weight is 189 g/mol. The van der Waals surface area contributed by atoms with Gasteiger partial charge in [-0.2, -0.15) is 15.0 Å². The second kappa shape index (κ2) is 4.05. The minimum atomic E-state index is 0. The van der Waals surface area contributed by atoms with E-state index in [0.29, 0.717) is 0 Å². The van der Waals surface area contributed by atoms with E-state index in [-0.39, 0.29) is 7.43 Å². The number of nitrogens with zero attached hydrogens (tertiary/aromatic N) is 3. The number of hydrogen-bond donors (Lipinski definition) is 0. The van der Waals surface area contributed by atoms with Crippen LogP contribution in [-0.4, -0.2) is 15.0 Å². The molecule has 1 aromatic heterocycles. The van der Waals surface area contributed by atoms with E-state index in [9.17, 15) is 0 Å². The average Bonchev–Trinajstić information content (AvgIpc) is 2.49. The monoisotopic (exact) mass is 189 g/mol. The number of hydrogen-bond acceptors (Lipinski definition) is 2. The Labute approximate surface area is 84.4 Å². The molecule has 0 radical (unpaired) electrons. The third kappa shape index (κ3) is 1.82. The normalized spacial score (nSPS) is 9.57. The summed E-state index contributed by atoms with van der Waals surface area (Å²) in [5.74, 6) is 0. The minimum absolute atomic E-state index is 0. The Morgan fingerprint density at radius 1 is 0.929 bits per heavy atom. The van der Waals surface area contributed by atoms with Crippen molar-refractivity contribution in [3.63, 3.8) is 0 Å². The Hall–Kier alpha value is -1.64. The fourth-order valence-corrected chi connectivity index (χ4v) is 1.13. The molecule has 2 rings (SSSR count). The van der Waals surface area contributed by atoms with Gasteiger partial charge in [-0.25, -0.2) is 0 Å². The molecular weight excluding hydrogens is 174 g/mol. The molecule has 0 bridgehead atoms. The van der Waals surface area contributed by atoms with Gasteiger partial charge in [-0.3, -0.25) is 0 Å². The molecule has 0 aliphatic carbocycles. The van der Waals surface area contributed by atoms with Gasteiger partial charge in [0.1, 0.15) is 0 Å². The molecule has 0 fully saturated rings. The van der Waals surface area contributed by atoms with E-state index in [1.807, 2.05) is 44.2 Å². The Morgan fingerprint density at radius 2 is 1.43 bits per heavy atom. The smallest absolute Gasteiger partial charge is 0.0856 e. The molecule has 0 unspecified atom stereocenters. The maximum Gasteiger partial charge on any atom is 0.0856 e. The molecule has 0 atom stereocenters. The van der Waals surface area contributed by atoms with Crippen molar-refractivity contribution in [3.8, 4) is 5.69 Å². The topological polar surface area (TPSA) is 30.7 Å². The summed E-state index contributed by atoms with van der Waals surface area (Å²) in [4.78, 5) is 1.66. The summed E-state index contributed by atoms with van der Waals surface area (Å²) < 4.78 is 0. The van der Waals surface area contributed by atoms with Crippen molar-refractivity contribution < 1.29 is 0 Å². The molecule has 1 aromatic carbocycles. The van der Waals surface area contributed by atoms with E-state index in [1.54, 1.807) is 4.80 Å². The highest BCUT2D eigenvalue weighted by Crippen LogP contribution is 2.06. The Kier molecular flexibility index (Phi) is 3.02. The van der Waals surface area contributed by atoms with Crippen LogP contribution in [0.1, 0.15) is 18.8 Å². The van der Waals surface area contributed by atoms with E-state index in [2.05, 4.69) is 10.2 Å². The lowest BCUT2D eigenvalue weighted by Crippen LogP contribution is -1.97. The molecule has 0 aliphatic rings. The first-order valence-electron chi connectivity index (χ1n) is 4.23. The molecule has 0 N–H and O–H groups in total. The zero-order valence-corrected chi connectivity index (χ0v) is 7.73. The number of para-hydroxylation sites is 1. The number of aryl methyl sites for hydroxylation is 2. The summed E-state index contributed by atoms with van der Waals surface area (Å²) in [6, 6.07) is 9.90. The lowest BCUT2D eigenvalue weighted by Gasteiger charge is -1.96. The van der Waals surface area contributed by atoms with Crippen LogP contribution >= 0.6 is 0 Å². The third-order valence-corrected chi connectivity index (χ3v) is 2.00. The standard InChI is InChI=1S/C10H11N3.CH4/c1-8-9(2)12-13(11-8)10-6-4-3-5-7-10;/h3-7H,1-2H3;1H4. The number of aromatic nitrogens is 3. The van der Waals surface area contributed by atoms with Crippen molar-refractivity contribution in [2.45, 2.75) is 21.3 Å². The van der Waals surface area contributed by atoms with Crippen molar-refractivity contribution in [2.24, 2.45) is 0 Å². The Bertz CT molecular complexity index is 384. The lowest BCUT2D eigenvalue weighted by molar-refractivity contribution is 0.741. The van der Waals surface area contributed by atoms with Crippen LogP contribution in [-0.2, 0) is 0 Å². The van der Waals surface area contributed by atoms with Gasteiger partial charge in [-0.1, -0.05) is 25.6 Å². The fourth-order valence-electron chi connectivity index (χ4n) is 1.13. The molecule has 0 saturated carbocycles. The molecule has 0 amide bonds. The molecular formula is C11H15N3. The largest absolute Gasteiger partial charge is 0.153 e. The predicted octanol–water partition coefficient (Wildman–Crippen LogP) is 2.52. The quantitative estimate of drug-likeness (QED) is 0.690. The van der Waals surface area contributed by atoms with E-state index >= 15 is 0 Å². The van der Waals surface area contributed by atoms with Gasteiger partial charge in [0.15, 0.2) is 0 Å². The van der Waals surface area contributed by atoms with E-state index < -0.39 is 0 Å². The van der Waals surface area contributed by atoms with Gasteiger partial charge < -0.3 is 0 Å². The highest BCUT2D eigenvalue weighted by atomic mass is 15.5. The van der Waals surface area contributed by atoms with E-state index in [4.69, 9.17) is 0 Å². The van der Waals surface area contributed by atoms with Gasteiger partial charge in [-0.05, 0) is 26.0 Å². The van der Waals surface area contributed by atoms with Crippen LogP contribution in [0.3, 0.4) is 0 Å². The first kappa shape index (κ1) is 10.4. The molecule has 3 nitrogen and oxygen atoms in total. The van der Waals surface area contributed by atoms with E-state index in [1.165, 1.54) is 0 Å². The van der Waals surface area contributed by atoms with Crippen LogP contribution in [0.5, 0.6) is 0 Å². The van der Waals surface area contributed by atoms with Gasteiger partial charge in [0.05, 0.1) is 17.1 Å². The van der Waals surface area contributed by atoms with Crippen LogP contribution in [0.2, 0.25) is 0 Å². The number of rotatable bonds is 1. The summed E-state index contributed by atoms with van der Waals surface area (Å²) in [7, 11) is 0. The highest BCUT2D eigenvalue weighted by molar-refractivity contribution is 5.29. The first-order chi connectivity index (χ1) is 6.27. The van der Waals surface area contributed by atoms with Crippen molar-refractivity contribution in [1.82, 2.24) is 15.0 Å². The van der Waals surface area contributed by atoms with Crippen molar-refractivity contribution in [3.05, 3.63) is 41.7 Å². The molecule has 2 aromatic rings. The van der Waals surface area contributed by atoms with Crippen LogP contribution in [0.15, 0.2) is 30.3 Å². The van der Waals surface area contributed by atoms with Crippen LogP contribution in [0.4, 0.5) is 0 Å². The SMILES string of the molecule is C.Cc1nn(-c2ccccc2)nc1C. The Morgan fingerprint density at radius 3 is 1.93 bits per heavy atom. The zero-order valence-electron chi connectivity index (χ0n) is 7.73. The maximum absolute atomic E-state index is 4.29. The fraction of sp³-hybridized carbons (Fsp3) is 0.273. The molecule has 0 saturated heterocycles. The third-order valence-electron chi connectivity index (χ3n) is 2.00. The summed E-state index contributed by atoms with van der Waals surface area (Å²) in [6.45, 7) is 3.92. The molecule has 3 heteroatoms. The van der Waals surface area contributed by atoms with Gasteiger partial charge in [0.2, 0.25) is 0 Å². The summed E-state index contributed by atoms with van der Waals surface area (Å²) in [5, 5.41) is 8.57. The predicted molar refractivity (Wildman–Crippen MR) is 57.6 cm³/mol. The van der Waals surface area contributed by atoms with Crippen molar-refractivity contribution in [1.29, 1.82) is 0 Å². The van der Waals surface area contributed by atoms with Crippen LogP contribution in [0, 0.1) is 13.8 Å². The van der Waals surface area contributed by atoms with Crippen LogP contribution < -0.4 is 0 Å².